The van der Waals surface area contributed by atoms with Gasteiger partial charge in [-0.2, -0.15) is 0 Å². The van der Waals surface area contributed by atoms with Crippen molar-refractivity contribution in [3.63, 3.8) is 0 Å². The number of guanidine groups is 1. The van der Waals surface area contributed by atoms with Crippen molar-refractivity contribution >= 4 is 11.6 Å². The third-order valence-corrected chi connectivity index (χ3v) is 3.35. The lowest BCUT2D eigenvalue weighted by Gasteiger charge is -2.10. The van der Waals surface area contributed by atoms with Crippen LogP contribution in [0.25, 0.3) is 0 Å². The molecule has 0 atom stereocenters. The molecule has 0 aliphatic rings. The van der Waals surface area contributed by atoms with E-state index < -0.39 is 0 Å². The highest BCUT2D eigenvalue weighted by Gasteiger charge is 2.01. The molecular formula is C18H23N3. The summed E-state index contributed by atoms with van der Waals surface area (Å²) in [5.74, 6) is 0.967. The quantitative estimate of drug-likeness (QED) is 0.647. The number of aliphatic imine (C=N–C) groups is 1. The van der Waals surface area contributed by atoms with E-state index in [9.17, 15) is 0 Å². The van der Waals surface area contributed by atoms with E-state index in [2.05, 4.69) is 48.4 Å². The van der Waals surface area contributed by atoms with Gasteiger partial charge in [0, 0.05) is 12.2 Å². The van der Waals surface area contributed by atoms with Gasteiger partial charge in [0.15, 0.2) is 5.96 Å². The molecule has 21 heavy (non-hydrogen) atoms. The Morgan fingerprint density at radius 3 is 2.57 bits per heavy atom. The molecule has 0 radical (unpaired) electrons. The van der Waals surface area contributed by atoms with E-state index in [1.54, 1.807) is 0 Å². The Labute approximate surface area is 126 Å². The third kappa shape index (κ3) is 4.95. The minimum atomic E-state index is 0.465. The van der Waals surface area contributed by atoms with Crippen LogP contribution in [0.4, 0.5) is 5.69 Å². The van der Waals surface area contributed by atoms with Crippen LogP contribution in [0.5, 0.6) is 0 Å². The van der Waals surface area contributed by atoms with Crippen LogP contribution in [-0.2, 0) is 6.42 Å². The van der Waals surface area contributed by atoms with Crippen LogP contribution in [-0.4, -0.2) is 12.5 Å². The number of rotatable bonds is 5. The molecule has 3 nitrogen and oxygen atoms in total. The molecule has 0 aromatic heterocycles. The number of benzene rings is 2. The summed E-state index contributed by atoms with van der Waals surface area (Å²) in [7, 11) is 0. The van der Waals surface area contributed by atoms with Gasteiger partial charge >= 0.3 is 0 Å². The first kappa shape index (κ1) is 15.1. The molecule has 0 spiro atoms. The third-order valence-electron chi connectivity index (χ3n) is 3.35. The molecule has 2 rings (SSSR count). The van der Waals surface area contributed by atoms with Gasteiger partial charge in [0.2, 0.25) is 0 Å². The zero-order chi connectivity index (χ0) is 15.1. The van der Waals surface area contributed by atoms with Crippen molar-refractivity contribution < 1.29 is 0 Å². The second kappa shape index (κ2) is 7.48. The predicted octanol–water partition coefficient (Wildman–Crippen LogP) is 3.78. The average Bonchev–Trinajstić information content (AvgIpc) is 2.48. The number of anilines is 1. The fraction of sp³-hybridized carbons (Fsp3) is 0.278. The summed E-state index contributed by atoms with van der Waals surface area (Å²) in [6.07, 6.45) is 0.898. The fourth-order valence-corrected chi connectivity index (χ4v) is 2.11. The van der Waals surface area contributed by atoms with Gasteiger partial charge < -0.3 is 11.1 Å². The lowest BCUT2D eigenvalue weighted by molar-refractivity contribution is 0.867. The number of nitrogens with two attached hydrogens (primary N) is 1. The van der Waals surface area contributed by atoms with E-state index in [0.717, 1.165) is 12.1 Å². The van der Waals surface area contributed by atoms with E-state index in [-0.39, 0.29) is 0 Å². The smallest absolute Gasteiger partial charge is 0.193 e. The zero-order valence-corrected chi connectivity index (χ0v) is 12.7. The number of nitrogens with zero attached hydrogens (tertiary/aromatic N) is 1. The van der Waals surface area contributed by atoms with E-state index >= 15 is 0 Å². The summed E-state index contributed by atoms with van der Waals surface area (Å²) in [5, 5.41) is 3.15. The molecule has 0 unspecified atom stereocenters. The van der Waals surface area contributed by atoms with Gasteiger partial charge in [-0.25, -0.2) is 0 Å². The summed E-state index contributed by atoms with van der Waals surface area (Å²) < 4.78 is 0. The normalized spacial score (nSPS) is 11.7. The average molecular weight is 281 g/mol. The van der Waals surface area contributed by atoms with Gasteiger partial charge in [0.25, 0.3) is 0 Å². The number of hydrogen-bond donors (Lipinski definition) is 2. The molecule has 0 heterocycles. The van der Waals surface area contributed by atoms with E-state index in [4.69, 9.17) is 5.73 Å². The summed E-state index contributed by atoms with van der Waals surface area (Å²) >= 11 is 0. The Morgan fingerprint density at radius 2 is 1.86 bits per heavy atom. The molecule has 0 saturated heterocycles. The lowest BCUT2D eigenvalue weighted by atomic mass is 10.0. The number of hydrogen-bond acceptors (Lipinski definition) is 1. The van der Waals surface area contributed by atoms with Crippen LogP contribution in [0.1, 0.15) is 30.9 Å². The molecule has 3 N–H and O–H groups in total. The summed E-state index contributed by atoms with van der Waals surface area (Å²) in [5.41, 5.74) is 9.49. The molecule has 0 aliphatic carbocycles. The van der Waals surface area contributed by atoms with Crippen molar-refractivity contribution in [2.45, 2.75) is 26.2 Å². The van der Waals surface area contributed by atoms with Gasteiger partial charge in [-0.15, -0.1) is 0 Å². The standard InChI is InChI=1S/C18H23N3/c1-14(2)16-9-6-10-17(13-16)21-18(19)20-12-11-15-7-4-3-5-8-15/h3-10,13-14H,11-12H2,1-2H3,(H3,19,20,21). The van der Waals surface area contributed by atoms with Crippen molar-refractivity contribution in [3.8, 4) is 0 Å². The second-order valence-corrected chi connectivity index (χ2v) is 5.41. The molecule has 0 bridgehead atoms. The summed E-state index contributed by atoms with van der Waals surface area (Å²) in [6, 6.07) is 18.6. The maximum Gasteiger partial charge on any atom is 0.193 e. The molecule has 2 aromatic carbocycles. The van der Waals surface area contributed by atoms with Crippen molar-refractivity contribution in [2.75, 3.05) is 11.9 Å². The van der Waals surface area contributed by atoms with Crippen molar-refractivity contribution in [2.24, 2.45) is 10.7 Å². The Bertz CT molecular complexity index is 588. The van der Waals surface area contributed by atoms with Gasteiger partial charge in [-0.05, 0) is 35.6 Å². The molecule has 110 valence electrons. The van der Waals surface area contributed by atoms with Gasteiger partial charge in [-0.3, -0.25) is 4.99 Å². The Kier molecular flexibility index (Phi) is 5.38. The van der Waals surface area contributed by atoms with Crippen molar-refractivity contribution in [3.05, 3.63) is 65.7 Å². The molecule has 0 aliphatic heterocycles. The monoisotopic (exact) mass is 281 g/mol. The van der Waals surface area contributed by atoms with E-state index in [0.29, 0.717) is 18.4 Å². The summed E-state index contributed by atoms with van der Waals surface area (Å²) in [6.45, 7) is 5.04. The van der Waals surface area contributed by atoms with Crippen molar-refractivity contribution in [1.29, 1.82) is 0 Å². The van der Waals surface area contributed by atoms with Crippen LogP contribution in [0.3, 0.4) is 0 Å². The molecule has 0 fully saturated rings. The topological polar surface area (TPSA) is 50.4 Å². The number of nitrogens with one attached hydrogen (secondary N) is 1. The highest BCUT2D eigenvalue weighted by Crippen LogP contribution is 2.18. The maximum atomic E-state index is 5.93. The second-order valence-electron chi connectivity index (χ2n) is 5.41. The van der Waals surface area contributed by atoms with Crippen LogP contribution in [0, 0.1) is 0 Å². The first-order chi connectivity index (χ1) is 10.1. The van der Waals surface area contributed by atoms with E-state index in [1.165, 1.54) is 11.1 Å². The minimum Gasteiger partial charge on any atom is -0.370 e. The van der Waals surface area contributed by atoms with E-state index in [1.807, 2.05) is 30.3 Å². The van der Waals surface area contributed by atoms with Crippen molar-refractivity contribution in [1.82, 2.24) is 0 Å². The molecule has 3 heteroatoms. The van der Waals surface area contributed by atoms with Crippen LogP contribution < -0.4 is 11.1 Å². The highest BCUT2D eigenvalue weighted by molar-refractivity contribution is 5.92. The first-order valence-corrected chi connectivity index (χ1v) is 7.36. The van der Waals surface area contributed by atoms with Gasteiger partial charge in [0.05, 0.1) is 0 Å². The Hall–Kier alpha value is -2.29. The minimum absolute atomic E-state index is 0.465. The largest absolute Gasteiger partial charge is 0.370 e. The Balaban J connectivity index is 1.90. The maximum absolute atomic E-state index is 5.93. The van der Waals surface area contributed by atoms with Crippen LogP contribution in [0.15, 0.2) is 59.6 Å². The lowest BCUT2D eigenvalue weighted by Crippen LogP contribution is -2.23. The molecular weight excluding hydrogens is 258 g/mol. The molecule has 2 aromatic rings. The Morgan fingerprint density at radius 1 is 1.10 bits per heavy atom. The SMILES string of the molecule is CC(C)c1cccc(NC(N)=NCCc2ccccc2)c1. The van der Waals surface area contributed by atoms with Gasteiger partial charge in [0.1, 0.15) is 0 Å². The van der Waals surface area contributed by atoms with Crippen LogP contribution >= 0.6 is 0 Å². The van der Waals surface area contributed by atoms with Crippen LogP contribution in [0.2, 0.25) is 0 Å². The fourth-order valence-electron chi connectivity index (χ4n) is 2.11. The van der Waals surface area contributed by atoms with Gasteiger partial charge in [-0.1, -0.05) is 56.3 Å². The first-order valence-electron chi connectivity index (χ1n) is 7.36. The predicted molar refractivity (Wildman–Crippen MR) is 90.8 cm³/mol. The molecule has 0 saturated carbocycles. The zero-order valence-electron chi connectivity index (χ0n) is 12.7. The molecule has 0 amide bonds. The highest BCUT2D eigenvalue weighted by atomic mass is 15.1. The summed E-state index contributed by atoms with van der Waals surface area (Å²) in [4.78, 5) is 4.37.